The summed E-state index contributed by atoms with van der Waals surface area (Å²) >= 11 is 0. The summed E-state index contributed by atoms with van der Waals surface area (Å²) < 4.78 is 1.85. The number of rotatable bonds is 3. The van der Waals surface area contributed by atoms with Crippen LogP contribution in [0.1, 0.15) is 0 Å². The molecule has 102 valence electrons. The van der Waals surface area contributed by atoms with Crippen LogP contribution in [-0.2, 0) is 6.67 Å². The Hall–Kier alpha value is -2.95. The Morgan fingerprint density at radius 2 is 1.81 bits per heavy atom. The molecule has 0 amide bonds. The van der Waals surface area contributed by atoms with Gasteiger partial charge in [0, 0.05) is 17.3 Å². The first-order valence-electron chi connectivity index (χ1n) is 6.78. The number of nitrogens with zero attached hydrogens (tertiary/aromatic N) is 4. The first-order chi connectivity index (χ1) is 10.4. The van der Waals surface area contributed by atoms with Crippen LogP contribution in [0.25, 0.3) is 21.9 Å². The van der Waals surface area contributed by atoms with E-state index in [1.54, 1.807) is 6.20 Å². The van der Waals surface area contributed by atoms with Gasteiger partial charge in [-0.3, -0.25) is 4.98 Å². The maximum atomic E-state index is 4.36. The average molecular weight is 275 g/mol. The minimum atomic E-state index is 0.564. The van der Waals surface area contributed by atoms with Crippen LogP contribution in [0, 0.1) is 0 Å². The van der Waals surface area contributed by atoms with Crippen LogP contribution in [0.2, 0.25) is 0 Å². The number of fused-ring (bicyclic) bond motifs is 2. The van der Waals surface area contributed by atoms with E-state index in [1.165, 1.54) is 0 Å². The van der Waals surface area contributed by atoms with Crippen LogP contribution in [0.3, 0.4) is 0 Å². The molecule has 0 aliphatic heterocycles. The van der Waals surface area contributed by atoms with Crippen molar-refractivity contribution in [3.05, 3.63) is 60.8 Å². The van der Waals surface area contributed by atoms with Crippen molar-refractivity contribution in [2.24, 2.45) is 0 Å². The molecular weight excluding hydrogens is 262 g/mol. The quantitative estimate of drug-likeness (QED) is 0.624. The van der Waals surface area contributed by atoms with Crippen LogP contribution in [0.15, 0.2) is 60.8 Å². The zero-order valence-corrected chi connectivity index (χ0v) is 11.3. The molecule has 2 aromatic heterocycles. The molecule has 0 atom stereocenters. The minimum Gasteiger partial charge on any atom is -0.366 e. The third-order valence-electron chi connectivity index (χ3n) is 3.49. The Labute approximate surface area is 121 Å². The summed E-state index contributed by atoms with van der Waals surface area (Å²) in [5.41, 5.74) is 3.94. The van der Waals surface area contributed by atoms with E-state index >= 15 is 0 Å². The molecule has 0 aliphatic rings. The number of hydrogen-bond acceptors (Lipinski definition) is 4. The third kappa shape index (κ3) is 2.08. The lowest BCUT2D eigenvalue weighted by atomic mass is 10.2. The van der Waals surface area contributed by atoms with Crippen LogP contribution in [-0.4, -0.2) is 20.0 Å². The number of aromatic nitrogens is 4. The van der Waals surface area contributed by atoms with Crippen LogP contribution in [0.4, 0.5) is 5.69 Å². The van der Waals surface area contributed by atoms with Gasteiger partial charge in [-0.15, -0.1) is 5.10 Å². The van der Waals surface area contributed by atoms with Crippen molar-refractivity contribution in [1.29, 1.82) is 0 Å². The zero-order chi connectivity index (χ0) is 14.1. The molecule has 0 unspecified atom stereocenters. The molecule has 2 heterocycles. The van der Waals surface area contributed by atoms with Gasteiger partial charge < -0.3 is 5.32 Å². The summed E-state index contributed by atoms with van der Waals surface area (Å²) in [5.74, 6) is 0. The van der Waals surface area contributed by atoms with Crippen molar-refractivity contribution in [2.45, 2.75) is 6.67 Å². The van der Waals surface area contributed by atoms with Crippen molar-refractivity contribution in [3.63, 3.8) is 0 Å². The number of nitrogens with one attached hydrogen (secondary N) is 1. The molecule has 0 fully saturated rings. The van der Waals surface area contributed by atoms with Crippen molar-refractivity contribution in [2.75, 3.05) is 5.32 Å². The van der Waals surface area contributed by atoms with Gasteiger partial charge in [-0.2, -0.15) is 0 Å². The van der Waals surface area contributed by atoms with E-state index in [2.05, 4.69) is 26.7 Å². The largest absolute Gasteiger partial charge is 0.366 e. The van der Waals surface area contributed by atoms with Crippen molar-refractivity contribution in [1.82, 2.24) is 20.0 Å². The Bertz CT molecular complexity index is 907. The Balaban J connectivity index is 1.67. The molecule has 0 radical (unpaired) electrons. The van der Waals surface area contributed by atoms with Crippen LogP contribution in [0.5, 0.6) is 0 Å². The third-order valence-corrected chi connectivity index (χ3v) is 3.49. The maximum Gasteiger partial charge on any atom is 0.113 e. The summed E-state index contributed by atoms with van der Waals surface area (Å²) in [6, 6.07) is 18.0. The van der Waals surface area contributed by atoms with E-state index in [1.807, 2.05) is 53.2 Å². The molecule has 0 saturated carbocycles. The number of hydrogen-bond donors (Lipinski definition) is 1. The van der Waals surface area contributed by atoms with E-state index in [9.17, 15) is 0 Å². The fourth-order valence-corrected chi connectivity index (χ4v) is 2.45. The highest BCUT2D eigenvalue weighted by Gasteiger charge is 2.04. The molecule has 0 bridgehead atoms. The molecule has 2 aromatic carbocycles. The molecule has 0 aliphatic carbocycles. The van der Waals surface area contributed by atoms with Gasteiger partial charge >= 0.3 is 0 Å². The summed E-state index contributed by atoms with van der Waals surface area (Å²) in [4.78, 5) is 4.36. The first-order valence-corrected chi connectivity index (χ1v) is 6.78. The number of para-hydroxylation sites is 1. The lowest BCUT2D eigenvalue weighted by molar-refractivity contribution is 0.656. The SMILES string of the molecule is c1cc(NCn2nnc3ccccc32)c2cccnc2c1. The highest BCUT2D eigenvalue weighted by molar-refractivity contribution is 5.91. The fraction of sp³-hybridized carbons (Fsp3) is 0.0625. The van der Waals surface area contributed by atoms with Gasteiger partial charge in [-0.25, -0.2) is 4.68 Å². The highest BCUT2D eigenvalue weighted by atomic mass is 15.4. The van der Waals surface area contributed by atoms with Crippen molar-refractivity contribution in [3.8, 4) is 0 Å². The topological polar surface area (TPSA) is 55.6 Å². The highest BCUT2D eigenvalue weighted by Crippen LogP contribution is 2.21. The second-order valence-electron chi connectivity index (χ2n) is 4.79. The predicted molar refractivity (Wildman–Crippen MR) is 82.9 cm³/mol. The van der Waals surface area contributed by atoms with E-state index < -0.39 is 0 Å². The Morgan fingerprint density at radius 1 is 0.905 bits per heavy atom. The molecule has 4 rings (SSSR count). The molecule has 4 aromatic rings. The second-order valence-corrected chi connectivity index (χ2v) is 4.79. The van der Waals surface area contributed by atoms with Gasteiger partial charge in [0.15, 0.2) is 0 Å². The molecular formula is C16H13N5. The number of benzene rings is 2. The van der Waals surface area contributed by atoms with Gasteiger partial charge in [0.05, 0.1) is 11.0 Å². The predicted octanol–water partition coefficient (Wildman–Crippen LogP) is 3.05. The van der Waals surface area contributed by atoms with Crippen molar-refractivity contribution < 1.29 is 0 Å². The Morgan fingerprint density at radius 3 is 2.81 bits per heavy atom. The van der Waals surface area contributed by atoms with E-state index in [-0.39, 0.29) is 0 Å². The van der Waals surface area contributed by atoms with Crippen molar-refractivity contribution >= 4 is 27.6 Å². The maximum absolute atomic E-state index is 4.36. The molecule has 5 heteroatoms. The summed E-state index contributed by atoms with van der Waals surface area (Å²) in [6.07, 6.45) is 1.80. The van der Waals surface area contributed by atoms with Crippen LogP contribution < -0.4 is 5.32 Å². The zero-order valence-electron chi connectivity index (χ0n) is 11.3. The van der Waals surface area contributed by atoms with Crippen LogP contribution >= 0.6 is 0 Å². The van der Waals surface area contributed by atoms with E-state index in [0.29, 0.717) is 6.67 Å². The monoisotopic (exact) mass is 275 g/mol. The minimum absolute atomic E-state index is 0.564. The molecule has 1 N–H and O–H groups in total. The average Bonchev–Trinajstić information content (AvgIpc) is 2.96. The lowest BCUT2D eigenvalue weighted by Crippen LogP contribution is -2.09. The number of anilines is 1. The summed E-state index contributed by atoms with van der Waals surface area (Å²) in [6.45, 7) is 0.564. The first kappa shape index (κ1) is 11.8. The molecule has 5 nitrogen and oxygen atoms in total. The van der Waals surface area contributed by atoms with E-state index in [0.717, 1.165) is 27.6 Å². The Kier molecular flexibility index (Phi) is 2.74. The van der Waals surface area contributed by atoms with Gasteiger partial charge in [0.2, 0.25) is 0 Å². The molecule has 21 heavy (non-hydrogen) atoms. The van der Waals surface area contributed by atoms with Gasteiger partial charge in [0.1, 0.15) is 12.2 Å². The molecule has 0 spiro atoms. The van der Waals surface area contributed by atoms with Gasteiger partial charge in [-0.05, 0) is 36.4 Å². The number of pyridine rings is 1. The fourth-order valence-electron chi connectivity index (χ4n) is 2.45. The summed E-state index contributed by atoms with van der Waals surface area (Å²) in [5, 5.41) is 12.8. The van der Waals surface area contributed by atoms with E-state index in [4.69, 9.17) is 0 Å². The normalized spacial score (nSPS) is 11.0. The summed E-state index contributed by atoms with van der Waals surface area (Å²) in [7, 11) is 0. The smallest absolute Gasteiger partial charge is 0.113 e. The van der Waals surface area contributed by atoms with Gasteiger partial charge in [0.25, 0.3) is 0 Å². The molecule has 0 saturated heterocycles. The second kappa shape index (κ2) is 4.86. The lowest BCUT2D eigenvalue weighted by Gasteiger charge is -2.09. The van der Waals surface area contributed by atoms with Gasteiger partial charge in [-0.1, -0.05) is 23.4 Å². The standard InChI is InChI=1S/C16H13N5/c1-2-9-16-15(6-1)19-20-21(16)11-18-14-8-3-7-13-12(14)5-4-10-17-13/h1-10,18H,11H2.